The Hall–Kier alpha value is -3.59. The van der Waals surface area contributed by atoms with Crippen LogP contribution in [0, 0.1) is 0 Å². The van der Waals surface area contributed by atoms with Crippen molar-refractivity contribution in [3.8, 4) is 0 Å². The Balaban J connectivity index is 1.21. The van der Waals surface area contributed by atoms with Gasteiger partial charge in [0.1, 0.15) is 0 Å². The number of hydrogen-bond donors (Lipinski definition) is 2. The monoisotopic (exact) mass is 515 g/mol. The topological polar surface area (TPSA) is 90.0 Å². The van der Waals surface area contributed by atoms with Crippen molar-refractivity contribution in [2.24, 2.45) is 0 Å². The second-order valence-electron chi connectivity index (χ2n) is 9.24. The predicted octanol–water partition coefficient (Wildman–Crippen LogP) is 4.45. The molecule has 0 saturated carbocycles. The van der Waals surface area contributed by atoms with Crippen molar-refractivity contribution in [2.75, 3.05) is 38.0 Å². The summed E-state index contributed by atoms with van der Waals surface area (Å²) in [6.45, 7) is 5.01. The maximum atomic E-state index is 12.5. The lowest BCUT2D eigenvalue weighted by Gasteiger charge is -2.31. The van der Waals surface area contributed by atoms with Crippen LogP contribution >= 0.6 is 11.6 Å². The molecule has 0 radical (unpaired) electrons. The fraction of sp³-hybridized carbons (Fsp3) is 0.286. The molecule has 2 heterocycles. The van der Waals surface area contributed by atoms with Gasteiger partial charge < -0.3 is 4.90 Å². The summed E-state index contributed by atoms with van der Waals surface area (Å²) in [5.74, 6) is -0.0836. The summed E-state index contributed by atoms with van der Waals surface area (Å²) in [5, 5.41) is 16.8. The number of aromatic nitrogens is 4. The Morgan fingerprint density at radius 1 is 0.946 bits per heavy atom. The van der Waals surface area contributed by atoms with E-state index in [-0.39, 0.29) is 17.9 Å². The minimum atomic E-state index is -0.247. The second-order valence-corrected chi connectivity index (χ2v) is 9.67. The fourth-order valence-electron chi connectivity index (χ4n) is 4.91. The van der Waals surface area contributed by atoms with Gasteiger partial charge in [-0.2, -0.15) is 5.21 Å². The van der Waals surface area contributed by atoms with E-state index in [0.29, 0.717) is 5.56 Å². The first-order valence-electron chi connectivity index (χ1n) is 12.6. The van der Waals surface area contributed by atoms with Crippen molar-refractivity contribution in [3.05, 3.63) is 106 Å². The van der Waals surface area contributed by atoms with Gasteiger partial charge >= 0.3 is 0 Å². The first-order valence-corrected chi connectivity index (χ1v) is 12.9. The maximum absolute atomic E-state index is 12.5. The largest absolute Gasteiger partial charge is 0.302 e. The number of nitrogens with zero attached hydrogens (tertiary/aromatic N) is 5. The van der Waals surface area contributed by atoms with Gasteiger partial charge in [0.05, 0.1) is 6.04 Å². The highest BCUT2D eigenvalue weighted by Gasteiger charge is 2.25. The first kappa shape index (κ1) is 25.1. The zero-order valence-corrected chi connectivity index (χ0v) is 21.3. The summed E-state index contributed by atoms with van der Waals surface area (Å²) in [6.07, 6.45) is 1.98. The third-order valence-electron chi connectivity index (χ3n) is 6.77. The van der Waals surface area contributed by atoms with E-state index >= 15 is 0 Å². The Kier molecular flexibility index (Phi) is 8.20. The smallest absolute Gasteiger partial charge is 0.270 e. The van der Waals surface area contributed by atoms with Gasteiger partial charge in [-0.25, -0.2) is 0 Å². The molecule has 8 nitrogen and oxygen atoms in total. The normalized spacial score (nSPS) is 15.7. The number of amides is 1. The van der Waals surface area contributed by atoms with E-state index in [4.69, 9.17) is 11.6 Å². The highest BCUT2D eigenvalue weighted by molar-refractivity contribution is 6.30. The lowest BCUT2D eigenvalue weighted by molar-refractivity contribution is 0.102. The number of nitrogens with one attached hydrogen (secondary N) is 2. The van der Waals surface area contributed by atoms with Gasteiger partial charge in [-0.05, 0) is 65.6 Å². The first-order chi connectivity index (χ1) is 18.2. The van der Waals surface area contributed by atoms with Gasteiger partial charge in [0.2, 0.25) is 0 Å². The Labute approximate surface area is 221 Å². The summed E-state index contributed by atoms with van der Waals surface area (Å²) in [4.78, 5) is 17.6. The van der Waals surface area contributed by atoms with Gasteiger partial charge in [-0.3, -0.25) is 15.0 Å². The van der Waals surface area contributed by atoms with Crippen LogP contribution in [0.25, 0.3) is 0 Å². The van der Waals surface area contributed by atoms with E-state index in [0.717, 1.165) is 56.2 Å². The molecule has 1 aliphatic heterocycles. The molecule has 1 fully saturated rings. The molecule has 0 aliphatic carbocycles. The van der Waals surface area contributed by atoms with Crippen LogP contribution in [-0.4, -0.2) is 69.1 Å². The van der Waals surface area contributed by atoms with Crippen LogP contribution in [0.4, 0.5) is 5.95 Å². The van der Waals surface area contributed by atoms with Crippen LogP contribution < -0.4 is 5.32 Å². The van der Waals surface area contributed by atoms with Crippen molar-refractivity contribution in [3.63, 3.8) is 0 Å². The molecule has 37 heavy (non-hydrogen) atoms. The molecule has 9 heteroatoms. The molecule has 190 valence electrons. The molecule has 1 amide bonds. The zero-order chi connectivity index (χ0) is 25.5. The summed E-state index contributed by atoms with van der Waals surface area (Å²) < 4.78 is 0. The number of rotatable bonds is 8. The molecule has 0 bridgehead atoms. The van der Waals surface area contributed by atoms with Crippen LogP contribution in [0.1, 0.15) is 39.5 Å². The van der Waals surface area contributed by atoms with Crippen molar-refractivity contribution >= 4 is 23.5 Å². The third-order valence-corrected chi connectivity index (χ3v) is 7.02. The number of H-pyrrole nitrogens is 1. The van der Waals surface area contributed by atoms with Gasteiger partial charge in [-0.15, -0.1) is 5.10 Å². The lowest BCUT2D eigenvalue weighted by atomic mass is 9.97. The second kappa shape index (κ2) is 12.1. The number of hydrogen-bond acceptors (Lipinski definition) is 6. The van der Waals surface area contributed by atoms with E-state index in [1.54, 1.807) is 6.07 Å². The number of aromatic amines is 1. The summed E-state index contributed by atoms with van der Waals surface area (Å²) in [7, 11) is 0. The van der Waals surface area contributed by atoms with Crippen LogP contribution in [-0.2, 0) is 6.42 Å². The van der Waals surface area contributed by atoms with Gasteiger partial charge in [0.25, 0.3) is 11.9 Å². The van der Waals surface area contributed by atoms with Crippen LogP contribution in [0.3, 0.4) is 0 Å². The SMILES string of the molecule is O=C(Nc1nn[nH]n1)c1cccc(CCN2CCCN(C(c3ccccc3)c3ccc(Cl)cc3)CC2)c1. The third kappa shape index (κ3) is 6.60. The van der Waals surface area contributed by atoms with Gasteiger partial charge in [0.15, 0.2) is 0 Å². The molecule has 5 rings (SSSR count). The Bertz CT molecular complexity index is 1280. The van der Waals surface area contributed by atoms with E-state index in [1.165, 1.54) is 11.1 Å². The number of benzene rings is 3. The molecule has 3 aromatic carbocycles. The van der Waals surface area contributed by atoms with E-state index in [9.17, 15) is 4.79 Å². The van der Waals surface area contributed by atoms with Crippen molar-refractivity contribution in [2.45, 2.75) is 18.9 Å². The summed E-state index contributed by atoms with van der Waals surface area (Å²) in [6, 6.07) is 26.9. The number of carbonyl (C=O) groups excluding carboxylic acids is 1. The molecule has 1 atom stereocenters. The average molecular weight is 516 g/mol. The van der Waals surface area contributed by atoms with Crippen molar-refractivity contribution in [1.29, 1.82) is 0 Å². The molecule has 1 saturated heterocycles. The highest BCUT2D eigenvalue weighted by Crippen LogP contribution is 2.30. The molecular formula is C28H30ClN7O. The molecule has 0 spiro atoms. The van der Waals surface area contributed by atoms with Crippen LogP contribution in [0.5, 0.6) is 0 Å². The standard InChI is InChI=1S/C28H30ClN7O/c29-25-12-10-23(11-13-25)26(22-7-2-1-3-8-22)36-16-5-15-35(18-19-36)17-14-21-6-4-9-24(20-21)27(37)30-28-31-33-34-32-28/h1-4,6-13,20,26H,5,14-19H2,(H2,30,31,32,33,34,37). The molecule has 2 N–H and O–H groups in total. The maximum Gasteiger partial charge on any atom is 0.270 e. The number of anilines is 1. The molecule has 1 aromatic heterocycles. The van der Waals surface area contributed by atoms with E-state index in [2.05, 4.69) is 84.3 Å². The quantitative estimate of drug-likeness (QED) is 0.360. The van der Waals surface area contributed by atoms with Gasteiger partial charge in [0, 0.05) is 36.8 Å². The number of carbonyl (C=O) groups is 1. The molecule has 4 aromatic rings. The van der Waals surface area contributed by atoms with Crippen LogP contribution in [0.15, 0.2) is 78.9 Å². The van der Waals surface area contributed by atoms with E-state index < -0.39 is 0 Å². The minimum Gasteiger partial charge on any atom is -0.302 e. The Morgan fingerprint density at radius 3 is 2.54 bits per heavy atom. The molecule has 1 unspecified atom stereocenters. The molecule has 1 aliphatic rings. The minimum absolute atomic E-state index is 0.164. The predicted molar refractivity (Wildman–Crippen MR) is 145 cm³/mol. The lowest BCUT2D eigenvalue weighted by Crippen LogP contribution is -2.34. The summed E-state index contributed by atoms with van der Waals surface area (Å²) >= 11 is 6.19. The molecular weight excluding hydrogens is 486 g/mol. The average Bonchev–Trinajstić information content (AvgIpc) is 3.33. The highest BCUT2D eigenvalue weighted by atomic mass is 35.5. The van der Waals surface area contributed by atoms with Crippen molar-refractivity contribution in [1.82, 2.24) is 30.4 Å². The fourth-order valence-corrected chi connectivity index (χ4v) is 5.04. The number of tetrazole rings is 1. The zero-order valence-electron chi connectivity index (χ0n) is 20.6. The summed E-state index contributed by atoms with van der Waals surface area (Å²) in [5.41, 5.74) is 4.28. The van der Waals surface area contributed by atoms with Gasteiger partial charge in [-0.1, -0.05) is 71.3 Å². The van der Waals surface area contributed by atoms with Crippen molar-refractivity contribution < 1.29 is 4.79 Å². The number of halogens is 1. The van der Waals surface area contributed by atoms with Crippen LogP contribution in [0.2, 0.25) is 5.02 Å². The Morgan fingerprint density at radius 2 is 1.76 bits per heavy atom. The van der Waals surface area contributed by atoms with E-state index in [1.807, 2.05) is 24.3 Å².